The number of ether oxygens (including phenoxy) is 1. The van der Waals surface area contributed by atoms with Gasteiger partial charge in [0.2, 0.25) is 5.91 Å². The number of fused-ring (bicyclic) bond motifs is 1. The minimum Gasteiger partial charge on any atom is -0.488 e. The first kappa shape index (κ1) is 16.5. The largest absolute Gasteiger partial charge is 0.488 e. The molecule has 0 bridgehead atoms. The van der Waals surface area contributed by atoms with E-state index in [0.717, 1.165) is 24.3 Å². The molecule has 3 rings (SSSR count). The van der Waals surface area contributed by atoms with Gasteiger partial charge < -0.3 is 9.64 Å². The molecule has 0 saturated carbocycles. The average molecular weight is 325 g/mol. The van der Waals surface area contributed by atoms with Crippen molar-refractivity contribution in [2.45, 2.75) is 19.1 Å². The third-order valence-corrected chi connectivity index (χ3v) is 4.22. The summed E-state index contributed by atoms with van der Waals surface area (Å²) in [6.07, 6.45) is 4.45. The van der Waals surface area contributed by atoms with Crippen molar-refractivity contribution >= 4 is 5.91 Å². The van der Waals surface area contributed by atoms with E-state index in [-0.39, 0.29) is 12.0 Å². The maximum absolute atomic E-state index is 12.4. The SMILES string of the molecule is CN(CC(=O)N(C)C[C@@H]1Cc2ccccc2O1)Cc1ccncc1. The van der Waals surface area contributed by atoms with Crippen LogP contribution in [0.3, 0.4) is 0 Å². The van der Waals surface area contributed by atoms with Gasteiger partial charge in [-0.05, 0) is 36.4 Å². The number of amides is 1. The van der Waals surface area contributed by atoms with Gasteiger partial charge >= 0.3 is 0 Å². The van der Waals surface area contributed by atoms with Crippen LogP contribution in [0.1, 0.15) is 11.1 Å². The van der Waals surface area contributed by atoms with Crippen LogP contribution in [0.5, 0.6) is 5.75 Å². The van der Waals surface area contributed by atoms with Gasteiger partial charge in [-0.2, -0.15) is 0 Å². The summed E-state index contributed by atoms with van der Waals surface area (Å²) in [4.78, 5) is 20.2. The third-order valence-electron chi connectivity index (χ3n) is 4.22. The number of pyridine rings is 1. The summed E-state index contributed by atoms with van der Waals surface area (Å²) in [7, 11) is 3.79. The summed E-state index contributed by atoms with van der Waals surface area (Å²) in [6, 6.07) is 12.0. The highest BCUT2D eigenvalue weighted by molar-refractivity contribution is 5.78. The molecule has 126 valence electrons. The van der Waals surface area contributed by atoms with Crippen LogP contribution < -0.4 is 4.74 Å². The maximum Gasteiger partial charge on any atom is 0.236 e. The summed E-state index contributed by atoms with van der Waals surface area (Å²) >= 11 is 0. The minimum absolute atomic E-state index is 0.0434. The maximum atomic E-state index is 12.4. The first-order valence-corrected chi connectivity index (χ1v) is 8.18. The quantitative estimate of drug-likeness (QED) is 0.815. The zero-order valence-corrected chi connectivity index (χ0v) is 14.2. The Bertz CT molecular complexity index is 665. The monoisotopic (exact) mass is 325 g/mol. The van der Waals surface area contributed by atoms with Crippen molar-refractivity contribution in [1.29, 1.82) is 0 Å². The minimum atomic E-state index is 0.0434. The van der Waals surface area contributed by atoms with Crippen molar-refractivity contribution in [3.05, 3.63) is 59.9 Å². The van der Waals surface area contributed by atoms with E-state index in [1.165, 1.54) is 5.56 Å². The van der Waals surface area contributed by atoms with Crippen LogP contribution in [-0.4, -0.2) is 54.0 Å². The number of para-hydroxylation sites is 1. The lowest BCUT2D eigenvalue weighted by Gasteiger charge is -2.24. The van der Waals surface area contributed by atoms with Gasteiger partial charge in [-0.15, -0.1) is 0 Å². The molecule has 1 aliphatic rings. The van der Waals surface area contributed by atoms with Crippen LogP contribution in [-0.2, 0) is 17.8 Å². The van der Waals surface area contributed by atoms with Gasteiger partial charge in [0.1, 0.15) is 11.9 Å². The first-order valence-electron chi connectivity index (χ1n) is 8.18. The second-order valence-corrected chi connectivity index (χ2v) is 6.35. The Morgan fingerprint density at radius 3 is 2.71 bits per heavy atom. The van der Waals surface area contributed by atoms with Crippen molar-refractivity contribution in [1.82, 2.24) is 14.8 Å². The summed E-state index contributed by atoms with van der Waals surface area (Å²) in [5.41, 5.74) is 2.37. The molecule has 2 aromatic rings. The molecule has 1 aromatic heterocycles. The molecule has 0 unspecified atom stereocenters. The Labute approximate surface area is 142 Å². The molecular formula is C19H23N3O2. The van der Waals surface area contributed by atoms with E-state index in [0.29, 0.717) is 13.1 Å². The predicted octanol–water partition coefficient (Wildman–Crippen LogP) is 1.98. The van der Waals surface area contributed by atoms with Crippen molar-refractivity contribution in [3.8, 4) is 5.75 Å². The first-order chi connectivity index (χ1) is 11.6. The van der Waals surface area contributed by atoms with E-state index in [1.807, 2.05) is 49.3 Å². The second-order valence-electron chi connectivity index (χ2n) is 6.35. The summed E-state index contributed by atoms with van der Waals surface area (Å²) in [6.45, 7) is 1.72. The fourth-order valence-electron chi connectivity index (χ4n) is 2.97. The molecule has 0 fully saturated rings. The highest BCUT2D eigenvalue weighted by atomic mass is 16.5. The molecule has 1 atom stereocenters. The van der Waals surface area contributed by atoms with E-state index >= 15 is 0 Å². The van der Waals surface area contributed by atoms with E-state index in [9.17, 15) is 4.79 Å². The molecule has 0 spiro atoms. The third kappa shape index (κ3) is 4.11. The van der Waals surface area contributed by atoms with Gasteiger partial charge in [-0.3, -0.25) is 14.7 Å². The Balaban J connectivity index is 1.47. The number of carbonyl (C=O) groups excluding carboxylic acids is 1. The number of rotatable bonds is 6. The van der Waals surface area contributed by atoms with E-state index < -0.39 is 0 Å². The van der Waals surface area contributed by atoms with Gasteiger partial charge in [-0.25, -0.2) is 0 Å². The van der Waals surface area contributed by atoms with Crippen molar-refractivity contribution < 1.29 is 9.53 Å². The Morgan fingerprint density at radius 1 is 1.21 bits per heavy atom. The molecule has 0 saturated heterocycles. The van der Waals surface area contributed by atoms with Crippen LogP contribution in [0.25, 0.3) is 0 Å². The molecule has 1 aromatic carbocycles. The molecule has 1 amide bonds. The molecule has 24 heavy (non-hydrogen) atoms. The molecule has 2 heterocycles. The number of carbonyl (C=O) groups is 1. The Hall–Kier alpha value is -2.40. The van der Waals surface area contributed by atoms with Crippen molar-refractivity contribution in [2.24, 2.45) is 0 Å². The van der Waals surface area contributed by atoms with E-state index in [4.69, 9.17) is 4.74 Å². The topological polar surface area (TPSA) is 45.7 Å². The van der Waals surface area contributed by atoms with Gasteiger partial charge in [0, 0.05) is 32.4 Å². The molecule has 0 radical (unpaired) electrons. The number of hydrogen-bond donors (Lipinski definition) is 0. The highest BCUT2D eigenvalue weighted by Gasteiger charge is 2.25. The Kier molecular flexibility index (Phi) is 5.11. The van der Waals surface area contributed by atoms with E-state index in [2.05, 4.69) is 11.1 Å². The van der Waals surface area contributed by atoms with Crippen LogP contribution in [0.2, 0.25) is 0 Å². The number of nitrogens with zero attached hydrogens (tertiary/aromatic N) is 3. The predicted molar refractivity (Wildman–Crippen MR) is 92.8 cm³/mol. The van der Waals surface area contributed by atoms with Crippen LogP contribution >= 0.6 is 0 Å². The van der Waals surface area contributed by atoms with Crippen molar-refractivity contribution in [3.63, 3.8) is 0 Å². The standard InChI is InChI=1S/C19H23N3O2/c1-21(12-15-7-9-20-10-8-15)14-19(23)22(2)13-17-11-16-5-3-4-6-18(16)24-17/h3-10,17H,11-14H2,1-2H3/t17-/m0/s1. The molecule has 0 N–H and O–H groups in total. The van der Waals surface area contributed by atoms with Crippen LogP contribution in [0, 0.1) is 0 Å². The zero-order valence-electron chi connectivity index (χ0n) is 14.2. The lowest BCUT2D eigenvalue weighted by Crippen LogP contribution is -2.41. The van der Waals surface area contributed by atoms with Gasteiger partial charge in [0.05, 0.1) is 13.1 Å². The normalized spacial score (nSPS) is 15.9. The van der Waals surface area contributed by atoms with Crippen molar-refractivity contribution in [2.75, 3.05) is 27.2 Å². The fraction of sp³-hybridized carbons (Fsp3) is 0.368. The molecule has 5 heteroatoms. The summed E-state index contributed by atoms with van der Waals surface area (Å²) in [5, 5.41) is 0. The molecule has 0 aliphatic carbocycles. The lowest BCUT2D eigenvalue weighted by atomic mass is 10.1. The highest BCUT2D eigenvalue weighted by Crippen LogP contribution is 2.28. The summed E-state index contributed by atoms with van der Waals surface area (Å²) in [5.74, 6) is 1.05. The van der Waals surface area contributed by atoms with Gasteiger partial charge in [0.15, 0.2) is 0 Å². The van der Waals surface area contributed by atoms with E-state index in [1.54, 1.807) is 17.3 Å². The van der Waals surface area contributed by atoms with Crippen LogP contribution in [0.15, 0.2) is 48.8 Å². The zero-order chi connectivity index (χ0) is 16.9. The number of likely N-dealkylation sites (N-methyl/N-ethyl adjacent to an activating group) is 2. The molecule has 5 nitrogen and oxygen atoms in total. The molecule has 1 aliphatic heterocycles. The molecular weight excluding hydrogens is 302 g/mol. The average Bonchev–Trinajstić information content (AvgIpc) is 2.97. The smallest absolute Gasteiger partial charge is 0.236 e. The number of hydrogen-bond acceptors (Lipinski definition) is 4. The fourth-order valence-corrected chi connectivity index (χ4v) is 2.97. The van der Waals surface area contributed by atoms with Crippen LogP contribution in [0.4, 0.5) is 0 Å². The van der Waals surface area contributed by atoms with Gasteiger partial charge in [-0.1, -0.05) is 18.2 Å². The second kappa shape index (κ2) is 7.45. The number of benzene rings is 1. The summed E-state index contributed by atoms with van der Waals surface area (Å²) < 4.78 is 5.91. The van der Waals surface area contributed by atoms with Gasteiger partial charge in [0.25, 0.3) is 0 Å². The Morgan fingerprint density at radius 2 is 1.96 bits per heavy atom. The lowest BCUT2D eigenvalue weighted by molar-refractivity contribution is -0.131. The number of aromatic nitrogens is 1.